The van der Waals surface area contributed by atoms with Crippen LogP contribution in [0.3, 0.4) is 0 Å². The topological polar surface area (TPSA) is 79.2 Å². The molecule has 2 N–H and O–H groups in total. The lowest BCUT2D eigenvalue weighted by Gasteiger charge is -2.34. The number of hydrogen-bond acceptors (Lipinski definition) is 5. The fourth-order valence-electron chi connectivity index (χ4n) is 4.20. The van der Waals surface area contributed by atoms with Crippen LogP contribution in [0.25, 0.3) is 11.5 Å². The Kier molecular flexibility index (Phi) is 5.38. The molecule has 4 heterocycles. The van der Waals surface area contributed by atoms with Gasteiger partial charge in [0.1, 0.15) is 11.5 Å². The summed E-state index contributed by atoms with van der Waals surface area (Å²) < 4.78 is 8.20. The molecule has 3 atom stereocenters. The molecule has 2 aromatic rings. The van der Waals surface area contributed by atoms with Gasteiger partial charge in [0.2, 0.25) is 0 Å². The highest BCUT2D eigenvalue weighted by Crippen LogP contribution is 2.33. The molecule has 2 fully saturated rings. The van der Waals surface area contributed by atoms with Crippen molar-refractivity contribution in [3.8, 4) is 11.5 Å². The molecule has 7 nitrogen and oxygen atoms in total. The quantitative estimate of drug-likeness (QED) is 0.791. The van der Waals surface area contributed by atoms with Gasteiger partial charge < -0.3 is 19.4 Å². The number of aryl methyl sites for hydroxylation is 1. The number of unbranched alkanes of at least 4 members (excludes halogenated alkanes) is 1. The number of rotatable bonds is 7. The van der Waals surface area contributed by atoms with E-state index >= 15 is 0 Å². The molecule has 2 aromatic heterocycles. The van der Waals surface area contributed by atoms with Crippen LogP contribution in [0.2, 0.25) is 0 Å². The maximum absolute atomic E-state index is 9.16. The van der Waals surface area contributed by atoms with Crippen molar-refractivity contribution >= 4 is 0 Å². The van der Waals surface area contributed by atoms with Crippen molar-refractivity contribution in [2.75, 3.05) is 26.3 Å². The Labute approximate surface area is 154 Å². The number of aromatic amines is 1. The minimum absolute atomic E-state index is 0.158. The normalized spacial score (nSPS) is 26.3. The third-order valence-corrected chi connectivity index (χ3v) is 5.62. The smallest absolute Gasteiger partial charge is 0.158 e. The molecule has 2 saturated heterocycles. The molecule has 4 rings (SSSR count). The molecular formula is C19H29N5O2. The second-order valence-corrected chi connectivity index (χ2v) is 7.47. The van der Waals surface area contributed by atoms with E-state index in [1.165, 1.54) is 6.42 Å². The highest BCUT2D eigenvalue weighted by molar-refractivity contribution is 5.49. The molecule has 0 saturated carbocycles. The molecular weight excluding hydrogens is 330 g/mol. The molecule has 26 heavy (non-hydrogen) atoms. The summed E-state index contributed by atoms with van der Waals surface area (Å²) in [5.41, 5.74) is 1.00. The van der Waals surface area contributed by atoms with Crippen LogP contribution in [0.5, 0.6) is 0 Å². The Balaban J connectivity index is 1.47. The van der Waals surface area contributed by atoms with Crippen molar-refractivity contribution in [1.29, 1.82) is 0 Å². The van der Waals surface area contributed by atoms with Gasteiger partial charge in [-0.05, 0) is 19.3 Å². The van der Waals surface area contributed by atoms with E-state index in [4.69, 9.17) is 9.84 Å². The molecule has 0 amide bonds. The first kappa shape index (κ1) is 17.7. The molecule has 0 bridgehead atoms. The second-order valence-electron chi connectivity index (χ2n) is 7.47. The van der Waals surface area contributed by atoms with Gasteiger partial charge in [-0.2, -0.15) is 0 Å². The van der Waals surface area contributed by atoms with E-state index in [9.17, 15) is 0 Å². The van der Waals surface area contributed by atoms with Crippen LogP contribution in [-0.2, 0) is 11.2 Å². The molecule has 0 unspecified atom stereocenters. The summed E-state index contributed by atoms with van der Waals surface area (Å²) in [7, 11) is 0. The van der Waals surface area contributed by atoms with E-state index < -0.39 is 0 Å². The first-order chi connectivity index (χ1) is 12.8. The van der Waals surface area contributed by atoms with Crippen LogP contribution < -0.4 is 0 Å². The average molecular weight is 359 g/mol. The Hall–Kier alpha value is -1.70. The van der Waals surface area contributed by atoms with Gasteiger partial charge in [0.05, 0.1) is 18.9 Å². The number of nitrogens with one attached hydrogen (secondary N) is 1. The lowest BCUT2D eigenvalue weighted by molar-refractivity contribution is -0.0567. The average Bonchev–Trinajstić information content (AvgIpc) is 3.37. The standard InChI is InChI=1S/C19H29N5O2/c1-2-3-4-18-21-10-17(22-18)19-20-6-7-24(19)14-9-15-13-26-16(5-8-25)12-23(15)11-14/h6-7,10,14-16,25H,2-5,8-9,11-13H2,1H3,(H,21,22)/t14-,15+,16+/m1/s1. The van der Waals surface area contributed by atoms with Gasteiger partial charge in [-0.3, -0.25) is 4.90 Å². The lowest BCUT2D eigenvalue weighted by atomic mass is 10.1. The van der Waals surface area contributed by atoms with Crippen molar-refractivity contribution < 1.29 is 9.84 Å². The summed E-state index contributed by atoms with van der Waals surface area (Å²) in [6.07, 6.45) is 11.1. The number of H-pyrrole nitrogens is 1. The maximum atomic E-state index is 9.16. The molecule has 0 aliphatic carbocycles. The molecule has 0 spiro atoms. The first-order valence-corrected chi connectivity index (χ1v) is 9.82. The Bertz CT molecular complexity index is 712. The fraction of sp³-hybridized carbons (Fsp3) is 0.684. The van der Waals surface area contributed by atoms with E-state index in [-0.39, 0.29) is 12.7 Å². The van der Waals surface area contributed by atoms with Crippen LogP contribution in [0.1, 0.15) is 44.5 Å². The van der Waals surface area contributed by atoms with Gasteiger partial charge in [-0.1, -0.05) is 13.3 Å². The predicted octanol–water partition coefficient (Wildman–Crippen LogP) is 2.01. The van der Waals surface area contributed by atoms with Gasteiger partial charge in [-0.15, -0.1) is 0 Å². The highest BCUT2D eigenvalue weighted by Gasteiger charge is 2.38. The minimum atomic E-state index is 0.158. The zero-order valence-electron chi connectivity index (χ0n) is 15.5. The summed E-state index contributed by atoms with van der Waals surface area (Å²) in [5, 5.41) is 9.16. The van der Waals surface area contributed by atoms with Crippen molar-refractivity contribution in [3.05, 3.63) is 24.4 Å². The fourth-order valence-corrected chi connectivity index (χ4v) is 4.20. The molecule has 142 valence electrons. The number of imidazole rings is 2. The number of nitrogens with zero attached hydrogens (tertiary/aromatic N) is 4. The maximum Gasteiger partial charge on any atom is 0.158 e. The molecule has 0 aromatic carbocycles. The van der Waals surface area contributed by atoms with E-state index in [1.807, 2.05) is 12.4 Å². The highest BCUT2D eigenvalue weighted by atomic mass is 16.5. The number of aromatic nitrogens is 4. The number of morpholine rings is 1. The molecule has 7 heteroatoms. The van der Waals surface area contributed by atoms with Gasteiger partial charge >= 0.3 is 0 Å². The van der Waals surface area contributed by atoms with Gasteiger partial charge in [0.25, 0.3) is 0 Å². The zero-order valence-corrected chi connectivity index (χ0v) is 15.5. The number of aliphatic hydroxyl groups excluding tert-OH is 1. The monoisotopic (exact) mass is 359 g/mol. The largest absolute Gasteiger partial charge is 0.396 e. The molecule has 0 radical (unpaired) electrons. The summed E-state index contributed by atoms with van der Waals surface area (Å²) in [6.45, 7) is 5.07. The Morgan fingerprint density at radius 3 is 3.08 bits per heavy atom. The predicted molar refractivity (Wildman–Crippen MR) is 98.9 cm³/mol. The minimum Gasteiger partial charge on any atom is -0.396 e. The molecule has 2 aliphatic rings. The van der Waals surface area contributed by atoms with Gasteiger partial charge in [0, 0.05) is 50.6 Å². The lowest BCUT2D eigenvalue weighted by Crippen LogP contribution is -2.46. The number of fused-ring (bicyclic) bond motifs is 1. The summed E-state index contributed by atoms with van der Waals surface area (Å²) in [5.74, 6) is 2.01. The third-order valence-electron chi connectivity index (χ3n) is 5.62. The SMILES string of the molecule is CCCCc1ncc(-c2nccn2[C@@H]2C[C@H]3CO[C@@H](CCO)CN3C2)[nH]1. The Morgan fingerprint density at radius 1 is 1.31 bits per heavy atom. The number of aliphatic hydroxyl groups is 1. The molecule has 2 aliphatic heterocycles. The third kappa shape index (κ3) is 3.56. The van der Waals surface area contributed by atoms with E-state index in [1.54, 1.807) is 0 Å². The van der Waals surface area contributed by atoms with Crippen molar-refractivity contribution in [1.82, 2.24) is 24.4 Å². The van der Waals surface area contributed by atoms with Gasteiger partial charge in [-0.25, -0.2) is 9.97 Å². The first-order valence-electron chi connectivity index (χ1n) is 9.82. The van der Waals surface area contributed by atoms with Crippen LogP contribution in [0.4, 0.5) is 0 Å². The summed E-state index contributed by atoms with van der Waals surface area (Å²) >= 11 is 0. The van der Waals surface area contributed by atoms with Crippen LogP contribution in [0.15, 0.2) is 18.6 Å². The van der Waals surface area contributed by atoms with Crippen LogP contribution in [-0.4, -0.2) is 68.0 Å². The van der Waals surface area contributed by atoms with E-state index in [0.717, 1.165) is 62.7 Å². The summed E-state index contributed by atoms with van der Waals surface area (Å²) in [6, 6.07) is 0.864. The second kappa shape index (κ2) is 7.90. The Morgan fingerprint density at radius 2 is 2.23 bits per heavy atom. The van der Waals surface area contributed by atoms with E-state index in [2.05, 4.69) is 37.5 Å². The van der Waals surface area contributed by atoms with Crippen LogP contribution in [0, 0.1) is 0 Å². The number of ether oxygens (including phenoxy) is 1. The van der Waals surface area contributed by atoms with Gasteiger partial charge in [0.15, 0.2) is 5.82 Å². The van der Waals surface area contributed by atoms with Crippen molar-refractivity contribution in [2.24, 2.45) is 0 Å². The van der Waals surface area contributed by atoms with E-state index in [0.29, 0.717) is 12.1 Å². The van der Waals surface area contributed by atoms with Crippen LogP contribution >= 0.6 is 0 Å². The zero-order chi connectivity index (χ0) is 17.9. The van der Waals surface area contributed by atoms with Crippen molar-refractivity contribution in [3.63, 3.8) is 0 Å². The summed E-state index contributed by atoms with van der Waals surface area (Å²) in [4.78, 5) is 15.1. The van der Waals surface area contributed by atoms with Crippen molar-refractivity contribution in [2.45, 2.75) is 57.2 Å². The number of hydrogen-bond donors (Lipinski definition) is 2.